The van der Waals surface area contributed by atoms with E-state index in [1.807, 2.05) is 0 Å². The zero-order chi connectivity index (χ0) is 34.6. The molecule has 0 aliphatic carbocycles. The number of hydrogen-bond acceptors (Lipinski definition) is 14. The fourth-order valence-corrected chi connectivity index (χ4v) is 4.99. The van der Waals surface area contributed by atoms with Gasteiger partial charge in [-0.1, -0.05) is 62.6 Å². The minimum absolute atomic E-state index is 0.220. The summed E-state index contributed by atoms with van der Waals surface area (Å²) in [6.07, 6.45) is 5.21. The minimum Gasteiger partial charge on any atom is -0.463 e. The number of esters is 1. The van der Waals surface area contributed by atoms with Crippen LogP contribution in [0, 0.1) is 0 Å². The van der Waals surface area contributed by atoms with Crippen molar-refractivity contribution in [3.8, 4) is 0 Å². The summed E-state index contributed by atoms with van der Waals surface area (Å²) in [5.74, 6) is -0.455. The molecule has 0 amide bonds. The van der Waals surface area contributed by atoms with Crippen LogP contribution < -0.4 is 0 Å². The summed E-state index contributed by atoms with van der Waals surface area (Å²) in [5, 5.41) is 80.3. The van der Waals surface area contributed by atoms with Gasteiger partial charge >= 0.3 is 5.97 Å². The maximum atomic E-state index is 12.1. The first-order valence-corrected chi connectivity index (χ1v) is 16.6. The van der Waals surface area contributed by atoms with Crippen LogP contribution in [0.4, 0.5) is 0 Å². The molecule has 8 N–H and O–H groups in total. The first-order chi connectivity index (χ1) is 22.6. The first-order valence-electron chi connectivity index (χ1n) is 16.6. The molecule has 0 aromatic carbocycles. The lowest BCUT2D eigenvalue weighted by Gasteiger charge is -2.42. The van der Waals surface area contributed by atoms with E-state index in [-0.39, 0.29) is 13.0 Å². The van der Waals surface area contributed by atoms with Gasteiger partial charge in [-0.25, -0.2) is 0 Å². The highest BCUT2D eigenvalue weighted by Gasteiger charge is 2.47. The van der Waals surface area contributed by atoms with E-state index in [0.29, 0.717) is 6.42 Å². The van der Waals surface area contributed by atoms with Crippen molar-refractivity contribution in [2.75, 3.05) is 26.4 Å². The Morgan fingerprint density at radius 2 is 1.23 bits per heavy atom. The quantitative estimate of drug-likeness (QED) is 0.0433. The molecule has 2 fully saturated rings. The van der Waals surface area contributed by atoms with Crippen molar-refractivity contribution in [2.24, 2.45) is 0 Å². The summed E-state index contributed by atoms with van der Waals surface area (Å²) in [6.45, 7) is 0.155. The standard InChI is InChI=1S/C33H56O14/c1-2-3-4-5-6-7-8-9-10-11-12-13-14-15-16-17-25(36)43-19-22(35)20-44-32-31(42)29(40)27(38)24(47-32)21-45-33-30(41)28(39)26(37)23(18-34)46-33/h3-4,6-7,9-10,22-24,26-35,37-42H,2,5,8,11-21H2,1H3/b4-3-,7-6-,10-9-/t22?,23-,24-,26+,27+,28+,29+,30-,31-,32-,33+/m1/s1. The summed E-state index contributed by atoms with van der Waals surface area (Å²) >= 11 is 0. The Hall–Kier alpha value is -1.79. The number of ether oxygens (including phenoxy) is 5. The monoisotopic (exact) mass is 676 g/mol. The van der Waals surface area contributed by atoms with E-state index in [9.17, 15) is 45.6 Å². The van der Waals surface area contributed by atoms with Gasteiger partial charge < -0.3 is 64.5 Å². The highest BCUT2D eigenvalue weighted by molar-refractivity contribution is 5.69. The van der Waals surface area contributed by atoms with Crippen molar-refractivity contribution in [3.63, 3.8) is 0 Å². The number of aliphatic hydroxyl groups excluding tert-OH is 8. The summed E-state index contributed by atoms with van der Waals surface area (Å²) in [7, 11) is 0. The third-order valence-electron chi connectivity index (χ3n) is 7.86. The van der Waals surface area contributed by atoms with Gasteiger partial charge in [0.15, 0.2) is 12.6 Å². The molecule has 0 radical (unpaired) electrons. The molecule has 11 atom stereocenters. The summed E-state index contributed by atoms with van der Waals surface area (Å²) in [4.78, 5) is 12.1. The largest absolute Gasteiger partial charge is 0.463 e. The van der Waals surface area contributed by atoms with Crippen LogP contribution in [-0.2, 0) is 28.5 Å². The lowest BCUT2D eigenvalue weighted by atomic mass is 9.98. The summed E-state index contributed by atoms with van der Waals surface area (Å²) in [5.41, 5.74) is 0. The highest BCUT2D eigenvalue weighted by Crippen LogP contribution is 2.26. The number of carbonyl (C=O) groups excluding carboxylic acids is 1. The fourth-order valence-electron chi connectivity index (χ4n) is 4.99. The molecule has 2 saturated heterocycles. The van der Waals surface area contributed by atoms with Crippen LogP contribution in [0.1, 0.15) is 71.1 Å². The van der Waals surface area contributed by atoms with Crippen molar-refractivity contribution < 1.29 is 69.3 Å². The highest BCUT2D eigenvalue weighted by atomic mass is 16.7. The third-order valence-corrected chi connectivity index (χ3v) is 7.86. The second-order valence-electron chi connectivity index (χ2n) is 11.8. The molecule has 272 valence electrons. The van der Waals surface area contributed by atoms with Crippen LogP contribution in [-0.4, -0.2) is 141 Å². The predicted molar refractivity (Wildman–Crippen MR) is 169 cm³/mol. The third kappa shape index (κ3) is 15.1. The van der Waals surface area contributed by atoms with Crippen molar-refractivity contribution in [2.45, 2.75) is 139 Å². The topological polar surface area (TPSA) is 225 Å². The Balaban J connectivity index is 1.59. The molecule has 2 rings (SSSR count). The van der Waals surface area contributed by atoms with E-state index in [2.05, 4.69) is 43.4 Å². The van der Waals surface area contributed by atoms with Gasteiger partial charge in [0, 0.05) is 6.42 Å². The Morgan fingerprint density at radius 3 is 1.89 bits per heavy atom. The second-order valence-corrected chi connectivity index (χ2v) is 11.8. The van der Waals surface area contributed by atoms with Gasteiger partial charge in [-0.3, -0.25) is 4.79 Å². The molecular weight excluding hydrogens is 620 g/mol. The van der Waals surface area contributed by atoms with Gasteiger partial charge in [-0.15, -0.1) is 0 Å². The molecule has 0 bridgehead atoms. The summed E-state index contributed by atoms with van der Waals surface area (Å²) in [6, 6.07) is 0. The summed E-state index contributed by atoms with van der Waals surface area (Å²) < 4.78 is 26.6. The number of carbonyl (C=O) groups is 1. The van der Waals surface area contributed by atoms with Crippen LogP contribution in [0.25, 0.3) is 0 Å². The Morgan fingerprint density at radius 1 is 0.681 bits per heavy atom. The van der Waals surface area contributed by atoms with Crippen LogP contribution in [0.5, 0.6) is 0 Å². The van der Waals surface area contributed by atoms with Crippen LogP contribution in [0.3, 0.4) is 0 Å². The lowest BCUT2D eigenvalue weighted by molar-refractivity contribution is -0.332. The Labute approximate surface area is 276 Å². The van der Waals surface area contributed by atoms with Crippen molar-refractivity contribution in [1.82, 2.24) is 0 Å². The van der Waals surface area contributed by atoms with Crippen LogP contribution in [0.2, 0.25) is 0 Å². The van der Waals surface area contributed by atoms with Crippen LogP contribution in [0.15, 0.2) is 36.5 Å². The van der Waals surface area contributed by atoms with Crippen molar-refractivity contribution in [1.29, 1.82) is 0 Å². The normalized spacial score (nSPS) is 32.4. The van der Waals surface area contributed by atoms with E-state index < -0.39 is 93.3 Å². The average molecular weight is 677 g/mol. The first kappa shape index (κ1) is 41.4. The number of unbranched alkanes of at least 4 members (excludes halogenated alkanes) is 5. The van der Waals surface area contributed by atoms with Gasteiger partial charge in [0.1, 0.15) is 61.5 Å². The number of hydrogen-bond donors (Lipinski definition) is 8. The van der Waals surface area contributed by atoms with E-state index in [0.717, 1.165) is 51.4 Å². The maximum Gasteiger partial charge on any atom is 0.305 e. The maximum absolute atomic E-state index is 12.1. The molecule has 0 aromatic heterocycles. The van der Waals surface area contributed by atoms with Crippen molar-refractivity contribution >= 4 is 5.97 Å². The molecule has 0 aromatic rings. The molecule has 14 heteroatoms. The smallest absolute Gasteiger partial charge is 0.305 e. The van der Waals surface area contributed by atoms with Crippen molar-refractivity contribution in [3.05, 3.63) is 36.5 Å². The van der Waals surface area contributed by atoms with Gasteiger partial charge in [-0.05, 0) is 38.5 Å². The zero-order valence-corrected chi connectivity index (χ0v) is 27.2. The lowest BCUT2D eigenvalue weighted by Crippen LogP contribution is -2.61. The average Bonchev–Trinajstić information content (AvgIpc) is 3.06. The fraction of sp³-hybridized carbons (Fsp3) is 0.788. The van der Waals surface area contributed by atoms with E-state index in [1.165, 1.54) is 0 Å². The molecule has 1 unspecified atom stereocenters. The molecule has 2 aliphatic rings. The molecule has 14 nitrogen and oxygen atoms in total. The van der Waals surface area contributed by atoms with E-state index in [1.54, 1.807) is 0 Å². The van der Waals surface area contributed by atoms with Gasteiger partial charge in [0.05, 0.1) is 19.8 Å². The molecule has 2 heterocycles. The van der Waals surface area contributed by atoms with Gasteiger partial charge in [0.2, 0.25) is 0 Å². The second kappa shape index (κ2) is 23.5. The minimum atomic E-state index is -1.73. The molecule has 2 aliphatic heterocycles. The molecule has 0 spiro atoms. The van der Waals surface area contributed by atoms with E-state index >= 15 is 0 Å². The van der Waals surface area contributed by atoms with Gasteiger partial charge in [0.25, 0.3) is 0 Å². The zero-order valence-electron chi connectivity index (χ0n) is 27.2. The molecular formula is C33H56O14. The SMILES string of the molecule is CC/C=C\C/C=C\C/C=C\CCCCCCCC(=O)OCC(O)CO[C@@H]1O[C@H](CO[C@H]2O[C@H](CO)[C@H](O)[C@H](O)[C@H]2O)[C@H](O)[C@H](O)[C@H]1O. The van der Waals surface area contributed by atoms with E-state index in [4.69, 9.17) is 23.7 Å². The molecule has 0 saturated carbocycles. The number of rotatable bonds is 22. The number of aliphatic hydroxyl groups is 8. The Kier molecular flexibility index (Phi) is 20.7. The molecule has 47 heavy (non-hydrogen) atoms. The number of allylic oxidation sites excluding steroid dienone is 6. The van der Waals surface area contributed by atoms with Crippen LogP contribution >= 0.6 is 0 Å². The predicted octanol–water partition coefficient (Wildman–Crippen LogP) is 0.121. The Bertz CT molecular complexity index is 927. The van der Waals surface area contributed by atoms with Gasteiger partial charge in [-0.2, -0.15) is 0 Å².